The van der Waals surface area contributed by atoms with E-state index in [4.69, 9.17) is 0 Å². The van der Waals surface area contributed by atoms with Crippen molar-refractivity contribution in [1.82, 2.24) is 4.72 Å². The van der Waals surface area contributed by atoms with Crippen molar-refractivity contribution >= 4 is 16.0 Å². The molecule has 0 spiro atoms. The third-order valence-corrected chi connectivity index (χ3v) is 5.29. The molecule has 0 unspecified atom stereocenters. The number of hydrogen-bond acceptors (Lipinski definition) is 4. The summed E-state index contributed by atoms with van der Waals surface area (Å²) in [5, 5.41) is 0. The highest BCUT2D eigenvalue weighted by atomic mass is 32.2. The maximum atomic E-state index is 12.8. The number of methoxy groups -OCH3 is 1. The van der Waals surface area contributed by atoms with Crippen LogP contribution in [0.4, 0.5) is 0 Å². The normalized spacial score (nSPS) is 13.5. The van der Waals surface area contributed by atoms with E-state index < -0.39 is 22.0 Å². The van der Waals surface area contributed by atoms with Crippen LogP contribution in [0.2, 0.25) is 0 Å². The quantitative estimate of drug-likeness (QED) is 0.639. The van der Waals surface area contributed by atoms with Crippen molar-refractivity contribution in [2.75, 3.05) is 7.11 Å². The maximum absolute atomic E-state index is 12.8. The molecule has 23 heavy (non-hydrogen) atoms. The summed E-state index contributed by atoms with van der Waals surface area (Å²) in [6, 6.07) is 3.19. The number of esters is 1. The van der Waals surface area contributed by atoms with Gasteiger partial charge in [0.2, 0.25) is 10.0 Å². The smallest absolute Gasteiger partial charge is 0.330 e. The molecule has 0 fully saturated rings. The van der Waals surface area contributed by atoms with Crippen LogP contribution >= 0.6 is 0 Å². The van der Waals surface area contributed by atoms with E-state index in [2.05, 4.69) is 9.46 Å². The highest BCUT2D eigenvalue weighted by Gasteiger charge is 2.24. The van der Waals surface area contributed by atoms with E-state index >= 15 is 0 Å². The predicted molar refractivity (Wildman–Crippen MR) is 90.8 cm³/mol. The molecule has 6 heteroatoms. The van der Waals surface area contributed by atoms with Crippen LogP contribution in [0.3, 0.4) is 0 Å². The molecule has 1 rings (SSSR count). The van der Waals surface area contributed by atoms with Crippen molar-refractivity contribution in [3.8, 4) is 0 Å². The monoisotopic (exact) mass is 339 g/mol. The van der Waals surface area contributed by atoms with E-state index in [0.717, 1.165) is 5.56 Å². The van der Waals surface area contributed by atoms with Gasteiger partial charge in [-0.1, -0.05) is 37.6 Å². The second-order valence-corrected chi connectivity index (χ2v) is 7.65. The molecule has 1 aromatic rings. The van der Waals surface area contributed by atoms with Crippen molar-refractivity contribution in [1.29, 1.82) is 0 Å². The van der Waals surface area contributed by atoms with Gasteiger partial charge in [-0.25, -0.2) is 17.9 Å². The minimum Gasteiger partial charge on any atom is -0.466 e. The second-order valence-electron chi connectivity index (χ2n) is 6.00. The molecular formula is C17H25NO4S. The third kappa shape index (κ3) is 5.18. The van der Waals surface area contributed by atoms with Crippen LogP contribution in [0.5, 0.6) is 0 Å². The summed E-state index contributed by atoms with van der Waals surface area (Å²) in [5.74, 6) is -0.533. The Morgan fingerprint density at radius 2 is 1.70 bits per heavy atom. The van der Waals surface area contributed by atoms with Crippen LogP contribution in [-0.4, -0.2) is 27.5 Å². The average Bonchev–Trinajstić information content (AvgIpc) is 2.40. The fourth-order valence-corrected chi connectivity index (χ4v) is 4.27. The van der Waals surface area contributed by atoms with Gasteiger partial charge >= 0.3 is 5.97 Å². The Hall–Kier alpha value is -1.66. The van der Waals surface area contributed by atoms with Crippen LogP contribution in [0.15, 0.2) is 29.2 Å². The SMILES string of the molecule is COC(=O)/C=C/[C@H](NS(=O)(=O)c1c(C)cc(C)cc1C)C(C)C. The molecule has 0 aromatic heterocycles. The Morgan fingerprint density at radius 3 is 2.13 bits per heavy atom. The largest absolute Gasteiger partial charge is 0.466 e. The van der Waals surface area contributed by atoms with Crippen molar-refractivity contribution in [2.45, 2.75) is 45.6 Å². The molecule has 0 aliphatic heterocycles. The number of hydrogen-bond donors (Lipinski definition) is 1. The third-order valence-electron chi connectivity index (χ3n) is 3.52. The molecule has 1 atom stereocenters. The molecule has 0 bridgehead atoms. The number of nitrogens with one attached hydrogen (secondary N) is 1. The van der Waals surface area contributed by atoms with E-state index in [9.17, 15) is 13.2 Å². The molecule has 0 radical (unpaired) electrons. The van der Waals surface area contributed by atoms with Gasteiger partial charge in [-0.2, -0.15) is 0 Å². The highest BCUT2D eigenvalue weighted by molar-refractivity contribution is 7.89. The van der Waals surface area contributed by atoms with Gasteiger partial charge in [0.1, 0.15) is 0 Å². The number of ether oxygens (including phenoxy) is 1. The first kappa shape index (κ1) is 19.4. The molecule has 5 nitrogen and oxygen atoms in total. The number of carbonyl (C=O) groups excluding carboxylic acids is 1. The molecule has 0 heterocycles. The molecule has 0 aliphatic rings. The Morgan fingerprint density at radius 1 is 1.17 bits per heavy atom. The Kier molecular flexibility index (Phi) is 6.53. The van der Waals surface area contributed by atoms with Gasteiger partial charge in [-0.15, -0.1) is 0 Å². The molecule has 0 aliphatic carbocycles. The summed E-state index contributed by atoms with van der Waals surface area (Å²) in [5.41, 5.74) is 2.42. The summed E-state index contributed by atoms with van der Waals surface area (Å²) in [6.45, 7) is 9.25. The number of aryl methyl sites for hydroxylation is 3. The van der Waals surface area contributed by atoms with Crippen molar-refractivity contribution < 1.29 is 17.9 Å². The van der Waals surface area contributed by atoms with E-state index in [0.29, 0.717) is 16.0 Å². The summed E-state index contributed by atoms with van der Waals surface area (Å²) >= 11 is 0. The fraction of sp³-hybridized carbons (Fsp3) is 0.471. The first-order valence-electron chi connectivity index (χ1n) is 7.44. The molecule has 0 amide bonds. The zero-order valence-corrected chi connectivity index (χ0v) is 15.3. The van der Waals surface area contributed by atoms with Crippen LogP contribution in [0.1, 0.15) is 30.5 Å². The van der Waals surface area contributed by atoms with E-state index in [1.807, 2.05) is 32.9 Å². The number of rotatable bonds is 6. The molecule has 0 saturated carbocycles. The van der Waals surface area contributed by atoms with Crippen molar-refractivity contribution in [3.63, 3.8) is 0 Å². The van der Waals surface area contributed by atoms with E-state index in [1.54, 1.807) is 13.8 Å². The maximum Gasteiger partial charge on any atom is 0.330 e. The summed E-state index contributed by atoms with van der Waals surface area (Å²) in [4.78, 5) is 11.5. The van der Waals surface area contributed by atoms with Crippen LogP contribution in [-0.2, 0) is 19.6 Å². The lowest BCUT2D eigenvalue weighted by Gasteiger charge is -2.21. The van der Waals surface area contributed by atoms with Crippen molar-refractivity contribution in [3.05, 3.63) is 41.0 Å². The fourth-order valence-electron chi connectivity index (χ4n) is 2.48. The lowest BCUT2D eigenvalue weighted by atomic mass is 10.1. The van der Waals surface area contributed by atoms with E-state index in [-0.39, 0.29) is 5.92 Å². The second kappa shape index (κ2) is 7.75. The van der Waals surface area contributed by atoms with Crippen molar-refractivity contribution in [2.24, 2.45) is 5.92 Å². The Balaban J connectivity index is 3.18. The van der Waals surface area contributed by atoms with Gasteiger partial charge in [0.15, 0.2) is 0 Å². The average molecular weight is 339 g/mol. The number of benzene rings is 1. The summed E-state index contributed by atoms with van der Waals surface area (Å²) < 4.78 is 32.7. The minimum absolute atomic E-state index is 0.0169. The zero-order valence-electron chi connectivity index (χ0n) is 14.5. The van der Waals surface area contributed by atoms with Gasteiger partial charge in [-0.05, 0) is 37.8 Å². The van der Waals surface area contributed by atoms with Gasteiger partial charge in [0, 0.05) is 12.1 Å². The van der Waals surface area contributed by atoms with Gasteiger partial charge in [0.25, 0.3) is 0 Å². The predicted octanol–water partition coefficient (Wildman–Crippen LogP) is 2.64. The molecular weight excluding hydrogens is 314 g/mol. The minimum atomic E-state index is -3.69. The molecule has 0 saturated heterocycles. The molecule has 1 N–H and O–H groups in total. The van der Waals surface area contributed by atoms with E-state index in [1.165, 1.54) is 19.3 Å². The van der Waals surface area contributed by atoms with Gasteiger partial charge in [0.05, 0.1) is 12.0 Å². The summed E-state index contributed by atoms with van der Waals surface area (Å²) in [6.07, 6.45) is 2.76. The van der Waals surface area contributed by atoms with Crippen LogP contribution in [0.25, 0.3) is 0 Å². The van der Waals surface area contributed by atoms with Gasteiger partial charge in [-0.3, -0.25) is 0 Å². The first-order chi connectivity index (χ1) is 10.6. The molecule has 1 aromatic carbocycles. The Bertz CT molecular complexity index is 682. The lowest BCUT2D eigenvalue weighted by Crippen LogP contribution is -2.37. The summed E-state index contributed by atoms with van der Waals surface area (Å²) in [7, 11) is -2.41. The Labute approximate surface area is 138 Å². The van der Waals surface area contributed by atoms with Gasteiger partial charge < -0.3 is 4.74 Å². The van der Waals surface area contributed by atoms with Crippen LogP contribution in [0, 0.1) is 26.7 Å². The highest BCUT2D eigenvalue weighted by Crippen LogP contribution is 2.22. The zero-order chi connectivity index (χ0) is 17.8. The molecule has 128 valence electrons. The lowest BCUT2D eigenvalue weighted by molar-refractivity contribution is -0.134. The number of sulfonamides is 1. The number of carbonyl (C=O) groups is 1. The topological polar surface area (TPSA) is 72.5 Å². The first-order valence-corrected chi connectivity index (χ1v) is 8.93. The standard InChI is InChI=1S/C17H25NO4S/c1-11(2)15(7-8-16(19)22-6)18-23(20,21)17-13(4)9-12(3)10-14(17)5/h7-11,15,18H,1-6H3/b8-7+/t15-/m0/s1. The van der Waals surface area contributed by atoms with Crippen LogP contribution < -0.4 is 4.72 Å².